The molecule has 0 bridgehead atoms. The van der Waals surface area contributed by atoms with Gasteiger partial charge in [-0.25, -0.2) is 0 Å². The first-order chi connectivity index (χ1) is 8.65. The number of rotatable bonds is 5. The first-order valence-corrected chi connectivity index (χ1v) is 7.42. The minimum absolute atomic E-state index is 0.382. The molecule has 1 N–H and O–H groups in total. The lowest BCUT2D eigenvalue weighted by atomic mass is 10.2. The molecule has 0 aromatic rings. The molecule has 0 aromatic carbocycles. The lowest BCUT2D eigenvalue weighted by Gasteiger charge is -2.37. The van der Waals surface area contributed by atoms with E-state index in [1.807, 2.05) is 0 Å². The van der Waals surface area contributed by atoms with Crippen molar-refractivity contribution in [2.75, 3.05) is 46.4 Å². The molecule has 4 nitrogen and oxygen atoms in total. The van der Waals surface area contributed by atoms with Crippen LogP contribution >= 0.6 is 0 Å². The van der Waals surface area contributed by atoms with Gasteiger partial charge < -0.3 is 15.0 Å². The zero-order chi connectivity index (χ0) is 13.0. The van der Waals surface area contributed by atoms with Crippen molar-refractivity contribution in [2.24, 2.45) is 0 Å². The highest BCUT2D eigenvalue weighted by Crippen LogP contribution is 2.11. The van der Waals surface area contributed by atoms with Gasteiger partial charge in [0.2, 0.25) is 0 Å². The highest BCUT2D eigenvalue weighted by molar-refractivity contribution is 4.80. The summed E-state index contributed by atoms with van der Waals surface area (Å²) in [5, 5.41) is 3.56. The quantitative estimate of drug-likeness (QED) is 0.786. The number of morpholine rings is 1. The molecule has 0 radical (unpaired) electrons. The van der Waals surface area contributed by atoms with Crippen LogP contribution in [0.3, 0.4) is 0 Å². The Morgan fingerprint density at radius 3 is 2.89 bits per heavy atom. The van der Waals surface area contributed by atoms with Crippen molar-refractivity contribution in [3.8, 4) is 0 Å². The van der Waals surface area contributed by atoms with Gasteiger partial charge in [0.1, 0.15) is 0 Å². The van der Waals surface area contributed by atoms with Crippen LogP contribution in [0.5, 0.6) is 0 Å². The normalized spacial score (nSPS) is 30.5. The second-order valence-electron chi connectivity index (χ2n) is 6.10. The molecule has 2 heterocycles. The van der Waals surface area contributed by atoms with Crippen LogP contribution in [0.25, 0.3) is 0 Å². The van der Waals surface area contributed by atoms with Gasteiger partial charge in [-0.2, -0.15) is 0 Å². The van der Waals surface area contributed by atoms with E-state index in [0.717, 1.165) is 32.8 Å². The predicted octanol–water partition coefficient (Wildman–Crippen LogP) is 0.779. The van der Waals surface area contributed by atoms with Gasteiger partial charge in [-0.15, -0.1) is 0 Å². The minimum atomic E-state index is 0.382. The Hall–Kier alpha value is -0.160. The molecule has 0 aliphatic carbocycles. The predicted molar refractivity (Wildman–Crippen MR) is 75.0 cm³/mol. The Balaban J connectivity index is 1.70. The summed E-state index contributed by atoms with van der Waals surface area (Å²) in [6.45, 7) is 11.0. The summed E-state index contributed by atoms with van der Waals surface area (Å²) in [5.74, 6) is 0. The molecule has 0 saturated carbocycles. The summed E-state index contributed by atoms with van der Waals surface area (Å²) in [6.07, 6.45) is 3.04. The number of hydrogen-bond donors (Lipinski definition) is 1. The maximum Gasteiger partial charge on any atom is 0.0829 e. The third-order valence-electron chi connectivity index (χ3n) is 4.11. The molecule has 2 atom stereocenters. The molecule has 0 amide bonds. The Morgan fingerprint density at radius 1 is 1.39 bits per heavy atom. The van der Waals surface area contributed by atoms with E-state index in [1.54, 1.807) is 0 Å². The Kier molecular flexibility index (Phi) is 5.42. The second-order valence-corrected chi connectivity index (χ2v) is 6.10. The SMILES string of the molecule is CC(C)N1CCOC(CN(C)CC2CCCN2)C1. The van der Waals surface area contributed by atoms with Gasteiger partial charge in [0.25, 0.3) is 0 Å². The molecule has 2 fully saturated rings. The molecule has 2 unspecified atom stereocenters. The van der Waals surface area contributed by atoms with Crippen LogP contribution < -0.4 is 5.32 Å². The molecule has 2 saturated heterocycles. The number of nitrogens with zero attached hydrogens (tertiary/aromatic N) is 2. The van der Waals surface area contributed by atoms with Crippen LogP contribution in [0, 0.1) is 0 Å². The van der Waals surface area contributed by atoms with E-state index < -0.39 is 0 Å². The highest BCUT2D eigenvalue weighted by Gasteiger charge is 2.24. The monoisotopic (exact) mass is 255 g/mol. The first kappa shape index (κ1) is 14.3. The van der Waals surface area contributed by atoms with E-state index in [1.165, 1.54) is 19.4 Å². The molecule has 0 spiro atoms. The van der Waals surface area contributed by atoms with E-state index in [2.05, 4.69) is 36.0 Å². The van der Waals surface area contributed by atoms with E-state index in [4.69, 9.17) is 4.74 Å². The lowest BCUT2D eigenvalue weighted by molar-refractivity contribution is -0.0500. The molecule has 18 heavy (non-hydrogen) atoms. The van der Waals surface area contributed by atoms with Crippen molar-refractivity contribution in [3.05, 3.63) is 0 Å². The van der Waals surface area contributed by atoms with Crippen LogP contribution in [0.1, 0.15) is 26.7 Å². The number of likely N-dealkylation sites (N-methyl/N-ethyl adjacent to an activating group) is 1. The zero-order valence-corrected chi connectivity index (χ0v) is 12.2. The third kappa shape index (κ3) is 4.19. The Morgan fingerprint density at radius 2 is 2.22 bits per heavy atom. The second kappa shape index (κ2) is 6.85. The lowest BCUT2D eigenvalue weighted by Crippen LogP contribution is -2.50. The Bertz CT molecular complexity index is 241. The molecule has 106 valence electrons. The fourth-order valence-corrected chi connectivity index (χ4v) is 3.03. The average molecular weight is 255 g/mol. The average Bonchev–Trinajstić information content (AvgIpc) is 2.82. The highest BCUT2D eigenvalue weighted by atomic mass is 16.5. The van der Waals surface area contributed by atoms with Crippen molar-refractivity contribution in [2.45, 2.75) is 44.9 Å². The summed E-state index contributed by atoms with van der Waals surface area (Å²) in [4.78, 5) is 4.95. The maximum absolute atomic E-state index is 5.89. The van der Waals surface area contributed by atoms with Crippen molar-refractivity contribution in [1.82, 2.24) is 15.1 Å². The maximum atomic E-state index is 5.89. The molecule has 2 rings (SSSR count). The summed E-state index contributed by atoms with van der Waals surface area (Å²) in [7, 11) is 2.22. The van der Waals surface area contributed by atoms with Crippen LogP contribution in [0.2, 0.25) is 0 Å². The molecule has 4 heteroatoms. The Labute approximate surface area is 112 Å². The fraction of sp³-hybridized carbons (Fsp3) is 1.00. The van der Waals surface area contributed by atoms with Gasteiger partial charge >= 0.3 is 0 Å². The van der Waals surface area contributed by atoms with Crippen molar-refractivity contribution < 1.29 is 4.74 Å². The molecule has 2 aliphatic heterocycles. The van der Waals surface area contributed by atoms with Gasteiger partial charge in [0, 0.05) is 38.3 Å². The summed E-state index contributed by atoms with van der Waals surface area (Å²) in [5.41, 5.74) is 0. The molecule has 0 aromatic heterocycles. The van der Waals surface area contributed by atoms with E-state index >= 15 is 0 Å². The van der Waals surface area contributed by atoms with Crippen LogP contribution in [0.15, 0.2) is 0 Å². The topological polar surface area (TPSA) is 27.7 Å². The zero-order valence-electron chi connectivity index (χ0n) is 12.2. The summed E-state index contributed by atoms with van der Waals surface area (Å²) in [6, 6.07) is 1.33. The van der Waals surface area contributed by atoms with E-state index in [0.29, 0.717) is 18.2 Å². The van der Waals surface area contributed by atoms with Gasteiger partial charge in [-0.1, -0.05) is 0 Å². The van der Waals surface area contributed by atoms with E-state index in [-0.39, 0.29) is 0 Å². The molecular formula is C14H29N3O. The number of hydrogen-bond acceptors (Lipinski definition) is 4. The minimum Gasteiger partial charge on any atom is -0.374 e. The molecule has 2 aliphatic rings. The third-order valence-corrected chi connectivity index (χ3v) is 4.11. The number of ether oxygens (including phenoxy) is 1. The summed E-state index contributed by atoms with van der Waals surface area (Å²) < 4.78 is 5.89. The summed E-state index contributed by atoms with van der Waals surface area (Å²) >= 11 is 0. The van der Waals surface area contributed by atoms with Crippen molar-refractivity contribution >= 4 is 0 Å². The van der Waals surface area contributed by atoms with Crippen LogP contribution in [-0.4, -0.2) is 74.4 Å². The van der Waals surface area contributed by atoms with Gasteiger partial charge in [-0.05, 0) is 40.3 Å². The van der Waals surface area contributed by atoms with Crippen molar-refractivity contribution in [1.29, 1.82) is 0 Å². The van der Waals surface area contributed by atoms with E-state index in [9.17, 15) is 0 Å². The van der Waals surface area contributed by atoms with Crippen LogP contribution in [-0.2, 0) is 4.74 Å². The van der Waals surface area contributed by atoms with Crippen molar-refractivity contribution in [3.63, 3.8) is 0 Å². The standard InChI is InChI=1S/C14H29N3O/c1-12(2)17-7-8-18-14(11-17)10-16(3)9-13-5-4-6-15-13/h12-15H,4-11H2,1-3H3. The molecular weight excluding hydrogens is 226 g/mol. The largest absolute Gasteiger partial charge is 0.374 e. The first-order valence-electron chi connectivity index (χ1n) is 7.42. The van der Waals surface area contributed by atoms with Crippen LogP contribution in [0.4, 0.5) is 0 Å². The van der Waals surface area contributed by atoms with Gasteiger partial charge in [0.15, 0.2) is 0 Å². The van der Waals surface area contributed by atoms with Gasteiger partial charge in [-0.3, -0.25) is 4.90 Å². The smallest absolute Gasteiger partial charge is 0.0829 e. The number of nitrogens with one attached hydrogen (secondary N) is 1. The van der Waals surface area contributed by atoms with Gasteiger partial charge in [0.05, 0.1) is 12.7 Å². The fourth-order valence-electron chi connectivity index (χ4n) is 3.03.